The maximum absolute atomic E-state index is 13.2. The smallest absolute Gasteiger partial charge is 0.326 e. The summed E-state index contributed by atoms with van der Waals surface area (Å²) in [6.45, 7) is 5.96. The third kappa shape index (κ3) is 20.8. The van der Waals surface area contributed by atoms with E-state index >= 15 is 0 Å². The van der Waals surface area contributed by atoms with Crippen LogP contribution < -0.4 is 48.7 Å². The van der Waals surface area contributed by atoms with E-state index in [2.05, 4.69) is 48.7 Å². The number of aliphatic hydroxyl groups excluding tert-OH is 4. The van der Waals surface area contributed by atoms with E-state index in [0.29, 0.717) is 50.9 Å². The van der Waals surface area contributed by atoms with Gasteiger partial charge in [-0.2, -0.15) is 0 Å². The van der Waals surface area contributed by atoms with Gasteiger partial charge < -0.3 is 79.0 Å². The van der Waals surface area contributed by atoms with Crippen molar-refractivity contribution < 1.29 is 80.1 Å². The topological polar surface area (TPSA) is 386 Å². The number of hydrogen-bond donors (Lipinski definition) is 14. The van der Waals surface area contributed by atoms with E-state index in [0.717, 1.165) is 5.56 Å². The van der Waals surface area contributed by atoms with E-state index in [1.807, 2.05) is 13.8 Å². The highest BCUT2D eigenvalue weighted by Crippen LogP contribution is 2.29. The number of carbonyl (C=O) groups is 8. The van der Waals surface area contributed by atoms with Gasteiger partial charge in [0.25, 0.3) is 5.91 Å². The van der Waals surface area contributed by atoms with Crippen LogP contribution >= 0.6 is 11.8 Å². The number of aryl methyl sites for hydroxylation is 1. The average molecular weight is 972 g/mol. The lowest BCUT2D eigenvalue weighted by Crippen LogP contribution is -2.57. The molecule has 23 nitrogen and oxygen atoms in total. The second-order valence-corrected chi connectivity index (χ2v) is 18.1. The lowest BCUT2D eigenvalue weighted by molar-refractivity contribution is -0.368. The Bertz CT molecular complexity index is 1780. The van der Waals surface area contributed by atoms with Crippen LogP contribution in [0.15, 0.2) is 24.3 Å². The fraction of sp³-hybridized carbons (Fsp3) is 0.674. The molecule has 1 aromatic rings. The first kappa shape index (κ1) is 58.2. The molecule has 2 rings (SSSR count). The van der Waals surface area contributed by atoms with Crippen LogP contribution in [0.2, 0.25) is 0 Å². The summed E-state index contributed by atoms with van der Waals surface area (Å²) in [5.41, 5.74) is 7.78. The van der Waals surface area contributed by atoms with Crippen LogP contribution in [-0.4, -0.2) is 171 Å². The van der Waals surface area contributed by atoms with Gasteiger partial charge in [0, 0.05) is 5.56 Å². The number of ether oxygens (including phenoxy) is 1. The summed E-state index contributed by atoms with van der Waals surface area (Å²) in [7, 11) is 0. The number of aliphatic carboxylic acids is 1. The number of carboxylic acids is 1. The van der Waals surface area contributed by atoms with E-state index in [9.17, 15) is 63.9 Å². The van der Waals surface area contributed by atoms with Crippen LogP contribution in [0.4, 0.5) is 0 Å². The number of carboxylic acid groups (broad SMARTS) is 1. The number of quaternary nitrogens is 2. The van der Waals surface area contributed by atoms with E-state index in [1.165, 1.54) is 25.6 Å². The molecule has 1 aliphatic heterocycles. The molecular formula is C43H73N9O14S+2. The Morgan fingerprint density at radius 3 is 1.73 bits per heavy atom. The monoisotopic (exact) mass is 971 g/mol. The molecule has 0 radical (unpaired) electrons. The van der Waals surface area contributed by atoms with Crippen molar-refractivity contribution in [2.75, 3.05) is 38.5 Å². The third-order valence-corrected chi connectivity index (χ3v) is 11.8. The zero-order valence-corrected chi connectivity index (χ0v) is 39.6. The maximum Gasteiger partial charge on any atom is 0.326 e. The van der Waals surface area contributed by atoms with Crippen molar-refractivity contribution in [1.82, 2.24) is 37.2 Å². The number of carbonyl (C=O) groups excluding carboxylic acids is 7. The van der Waals surface area contributed by atoms with Gasteiger partial charge in [0.2, 0.25) is 35.4 Å². The third-order valence-electron chi connectivity index (χ3n) is 10.7. The fourth-order valence-electron chi connectivity index (χ4n) is 6.70. The minimum absolute atomic E-state index is 0.0215. The summed E-state index contributed by atoms with van der Waals surface area (Å²) >= 11 is 1.20. The fourth-order valence-corrected chi connectivity index (χ4v) is 7.87. The Hall–Kier alpha value is -4.95. The molecule has 67 heavy (non-hydrogen) atoms. The molecule has 1 aliphatic rings. The molecule has 1 aromatic carbocycles. The molecule has 0 saturated carbocycles. The van der Waals surface area contributed by atoms with Crippen LogP contribution in [0.5, 0.6) is 0 Å². The standard InChI is InChI=1S/C43H71N9O14S/c1-23(2)19-30(42(64)65)52-41(63)29(10-6-8-17-45)51-37(59)24(3)48-33(55)21-46-32(54)20-47-40(62)28(9-5-7-16-44)50-38(60)25(4)49-39(61)27-13-11-26(12-14-27)15-18-67-43-36(58)35(57)34(56)31(22-53)66-43/h11-14,23-25,28-31,34-36,43,53,56-58H,5-10,15-22,44-45H2,1-4H3,(H,46,54)(H,47,62)(H,48,55)(H,49,61)(H,50,60)(H,51,59)(H,52,63)(H,64,65)/p+2. The van der Waals surface area contributed by atoms with Crippen molar-refractivity contribution in [2.45, 2.75) is 139 Å². The van der Waals surface area contributed by atoms with Crippen molar-refractivity contribution in [1.29, 1.82) is 0 Å². The molecular weight excluding hydrogens is 899 g/mol. The molecule has 1 saturated heterocycles. The molecule has 378 valence electrons. The van der Waals surface area contributed by atoms with Gasteiger partial charge in [0.05, 0.1) is 32.8 Å². The minimum atomic E-state index is -1.47. The van der Waals surface area contributed by atoms with Gasteiger partial charge in [0.1, 0.15) is 60.1 Å². The summed E-state index contributed by atoms with van der Waals surface area (Å²) in [6.07, 6.45) is -1.84. The van der Waals surface area contributed by atoms with Crippen LogP contribution in [0.3, 0.4) is 0 Å². The van der Waals surface area contributed by atoms with Crippen LogP contribution in [0, 0.1) is 5.92 Å². The Morgan fingerprint density at radius 2 is 1.19 bits per heavy atom. The Labute approximate surface area is 394 Å². The minimum Gasteiger partial charge on any atom is -0.480 e. The summed E-state index contributed by atoms with van der Waals surface area (Å²) in [5, 5.41) is 66.7. The number of nitrogens with one attached hydrogen (secondary N) is 7. The lowest BCUT2D eigenvalue weighted by Gasteiger charge is -2.39. The zero-order valence-electron chi connectivity index (χ0n) is 38.8. The maximum atomic E-state index is 13.2. The largest absolute Gasteiger partial charge is 0.480 e. The SMILES string of the molecule is CC(C)CC(NC(=O)C(CCCC[NH3+])NC(=O)C(C)NC(=O)CNC(=O)CNC(=O)C(CCCC[NH3+])NC(=O)C(C)NC(=O)c1ccc(CCSC2OC(CO)C(O)C(O)C2O)cc1)C(=O)O. The quantitative estimate of drug-likeness (QED) is 0.0321. The van der Waals surface area contributed by atoms with Crippen LogP contribution in [-0.2, 0) is 44.7 Å². The predicted octanol–water partition coefficient (Wildman–Crippen LogP) is -4.97. The molecule has 10 unspecified atom stereocenters. The van der Waals surface area contributed by atoms with Gasteiger partial charge in [-0.05, 0) is 94.6 Å². The summed E-state index contributed by atoms with van der Waals surface area (Å²) in [4.78, 5) is 102. The first-order chi connectivity index (χ1) is 31.7. The number of aliphatic hydroxyl groups is 4. The van der Waals surface area contributed by atoms with Gasteiger partial charge in [-0.25, -0.2) is 4.79 Å². The van der Waals surface area contributed by atoms with Gasteiger partial charge in [-0.3, -0.25) is 33.6 Å². The van der Waals surface area contributed by atoms with E-state index in [4.69, 9.17) is 4.74 Å². The number of amides is 7. The number of rotatable bonds is 30. The first-order valence-electron chi connectivity index (χ1n) is 22.6. The number of hydrogen-bond acceptors (Lipinski definition) is 14. The Kier molecular flexibility index (Phi) is 26.4. The van der Waals surface area contributed by atoms with Crippen LogP contribution in [0.1, 0.15) is 88.6 Å². The van der Waals surface area contributed by atoms with E-state index < -0.39 is 127 Å². The molecule has 18 N–H and O–H groups in total. The van der Waals surface area contributed by atoms with Crippen LogP contribution in [0.25, 0.3) is 0 Å². The number of benzene rings is 1. The Balaban J connectivity index is 1.87. The second kappa shape index (κ2) is 30.4. The van der Waals surface area contributed by atoms with Crippen molar-refractivity contribution in [2.24, 2.45) is 5.92 Å². The molecule has 7 amide bonds. The van der Waals surface area contributed by atoms with E-state index in [1.54, 1.807) is 24.3 Å². The van der Waals surface area contributed by atoms with Gasteiger partial charge in [-0.1, -0.05) is 26.0 Å². The van der Waals surface area contributed by atoms with Crippen molar-refractivity contribution in [3.05, 3.63) is 35.4 Å². The summed E-state index contributed by atoms with van der Waals surface area (Å²) in [6, 6.07) is 1.03. The molecule has 24 heteroatoms. The van der Waals surface area contributed by atoms with Gasteiger partial charge in [0.15, 0.2) is 0 Å². The highest BCUT2D eigenvalue weighted by Gasteiger charge is 2.43. The normalized spacial score (nSPS) is 20.3. The molecule has 0 aliphatic carbocycles. The van der Waals surface area contributed by atoms with Crippen molar-refractivity contribution >= 4 is 59.1 Å². The number of unbranched alkanes of at least 4 members (excludes halogenated alkanes) is 2. The highest BCUT2D eigenvalue weighted by molar-refractivity contribution is 7.99. The molecule has 1 heterocycles. The average Bonchev–Trinajstić information content (AvgIpc) is 3.28. The van der Waals surface area contributed by atoms with Gasteiger partial charge in [-0.15, -0.1) is 11.8 Å². The molecule has 0 aromatic heterocycles. The molecule has 1 fully saturated rings. The molecule has 10 atom stereocenters. The number of thioether (sulfide) groups is 1. The lowest BCUT2D eigenvalue weighted by atomic mass is 10.0. The molecule has 0 spiro atoms. The van der Waals surface area contributed by atoms with E-state index in [-0.39, 0.29) is 30.7 Å². The van der Waals surface area contributed by atoms with Crippen molar-refractivity contribution in [3.8, 4) is 0 Å². The first-order valence-corrected chi connectivity index (χ1v) is 23.7. The predicted molar refractivity (Wildman–Crippen MR) is 243 cm³/mol. The summed E-state index contributed by atoms with van der Waals surface area (Å²) < 4.78 is 5.51. The highest BCUT2D eigenvalue weighted by atomic mass is 32.2. The second-order valence-electron chi connectivity index (χ2n) is 16.8. The Morgan fingerprint density at radius 1 is 0.657 bits per heavy atom. The van der Waals surface area contributed by atoms with Crippen molar-refractivity contribution in [3.63, 3.8) is 0 Å². The zero-order chi connectivity index (χ0) is 50.2. The molecule has 0 bridgehead atoms. The summed E-state index contributed by atoms with van der Waals surface area (Å²) in [5.74, 6) is -5.58. The van der Waals surface area contributed by atoms with Gasteiger partial charge >= 0.3 is 5.97 Å².